The van der Waals surface area contributed by atoms with E-state index >= 15 is 0 Å². The average Bonchev–Trinajstić information content (AvgIpc) is 3.25. The van der Waals surface area contributed by atoms with Crippen LogP contribution in [0.15, 0.2) is 24.4 Å². The summed E-state index contributed by atoms with van der Waals surface area (Å²) in [7, 11) is 0. The molecule has 3 saturated heterocycles. The molecule has 2 amide bonds. The zero-order chi connectivity index (χ0) is 20.3. The minimum absolute atomic E-state index is 0.100. The van der Waals surface area contributed by atoms with Crippen molar-refractivity contribution < 1.29 is 9.59 Å². The first-order chi connectivity index (χ1) is 14.1. The van der Waals surface area contributed by atoms with Crippen LogP contribution in [-0.2, 0) is 16.0 Å². The van der Waals surface area contributed by atoms with E-state index in [1.54, 1.807) is 6.20 Å². The Morgan fingerprint density at radius 2 is 2.07 bits per heavy atom. The number of carbonyl (C=O) groups excluding carboxylic acids is 2. The van der Waals surface area contributed by atoms with Crippen molar-refractivity contribution in [1.82, 2.24) is 25.6 Å². The van der Waals surface area contributed by atoms with Gasteiger partial charge in [-0.1, -0.05) is 13.0 Å². The van der Waals surface area contributed by atoms with Crippen LogP contribution in [0.4, 0.5) is 0 Å². The molecule has 4 heterocycles. The van der Waals surface area contributed by atoms with Gasteiger partial charge in [0.2, 0.25) is 11.8 Å². The summed E-state index contributed by atoms with van der Waals surface area (Å²) in [5.74, 6) is 0.485. The Hall–Kier alpha value is -1.99. The second kappa shape index (κ2) is 8.79. The number of rotatable bonds is 5. The monoisotopic (exact) mass is 399 g/mol. The molecule has 1 aromatic heterocycles. The highest BCUT2D eigenvalue weighted by Gasteiger charge is 2.42. The van der Waals surface area contributed by atoms with Crippen molar-refractivity contribution in [2.24, 2.45) is 5.41 Å². The van der Waals surface area contributed by atoms with E-state index in [-0.39, 0.29) is 23.3 Å². The van der Waals surface area contributed by atoms with Crippen molar-refractivity contribution in [3.8, 4) is 0 Å². The van der Waals surface area contributed by atoms with Crippen LogP contribution in [0.2, 0.25) is 0 Å². The van der Waals surface area contributed by atoms with Crippen LogP contribution >= 0.6 is 0 Å². The van der Waals surface area contributed by atoms with Crippen LogP contribution in [-0.4, -0.2) is 64.9 Å². The molecule has 0 aliphatic carbocycles. The number of amides is 2. The number of hydrogen-bond donors (Lipinski definition) is 2. The normalized spacial score (nSPS) is 26.9. The number of hydrogen-bond acceptors (Lipinski definition) is 5. The molecule has 1 aromatic rings. The third-order valence-electron chi connectivity index (χ3n) is 7.02. The van der Waals surface area contributed by atoms with Gasteiger partial charge in [-0.3, -0.25) is 20.0 Å². The molecule has 2 N–H and O–H groups in total. The fourth-order valence-corrected chi connectivity index (χ4v) is 4.98. The molecule has 29 heavy (non-hydrogen) atoms. The van der Waals surface area contributed by atoms with Gasteiger partial charge in [0.1, 0.15) is 6.04 Å². The number of carbonyl (C=O) groups is 2. The second-order valence-electron chi connectivity index (χ2n) is 8.89. The van der Waals surface area contributed by atoms with Crippen molar-refractivity contribution in [3.05, 3.63) is 30.1 Å². The van der Waals surface area contributed by atoms with Crippen LogP contribution in [0.5, 0.6) is 0 Å². The first-order valence-corrected chi connectivity index (χ1v) is 11.1. The Labute approximate surface area is 173 Å². The Bertz CT molecular complexity index is 717. The van der Waals surface area contributed by atoms with Crippen LogP contribution in [0.25, 0.3) is 0 Å². The molecule has 0 aromatic carbocycles. The minimum Gasteiger partial charge on any atom is -0.342 e. The molecule has 158 valence electrons. The number of pyridine rings is 1. The van der Waals surface area contributed by atoms with E-state index in [1.165, 1.54) is 0 Å². The molecule has 3 aliphatic heterocycles. The van der Waals surface area contributed by atoms with E-state index in [0.717, 1.165) is 70.4 Å². The zero-order valence-corrected chi connectivity index (χ0v) is 17.4. The van der Waals surface area contributed by atoms with Gasteiger partial charge >= 0.3 is 0 Å². The van der Waals surface area contributed by atoms with Gasteiger partial charge < -0.3 is 9.80 Å². The maximum Gasteiger partial charge on any atom is 0.241 e. The van der Waals surface area contributed by atoms with Crippen LogP contribution in [0.1, 0.15) is 51.1 Å². The lowest BCUT2D eigenvalue weighted by Crippen LogP contribution is -2.54. The first-order valence-electron chi connectivity index (χ1n) is 11.1. The van der Waals surface area contributed by atoms with Crippen molar-refractivity contribution in [2.75, 3.05) is 26.2 Å². The van der Waals surface area contributed by atoms with Crippen LogP contribution in [0, 0.1) is 5.41 Å². The lowest BCUT2D eigenvalue weighted by atomic mass is 9.72. The van der Waals surface area contributed by atoms with Gasteiger partial charge in [-0.05, 0) is 49.7 Å². The fourth-order valence-electron chi connectivity index (χ4n) is 4.98. The number of piperidine rings is 2. The maximum atomic E-state index is 12.9. The van der Waals surface area contributed by atoms with Crippen molar-refractivity contribution >= 4 is 11.8 Å². The maximum absolute atomic E-state index is 12.9. The Kier molecular flexibility index (Phi) is 6.15. The lowest BCUT2D eigenvalue weighted by molar-refractivity contribution is -0.143. The molecule has 1 spiro atoms. The second-order valence-corrected chi connectivity index (χ2v) is 8.89. The summed E-state index contributed by atoms with van der Waals surface area (Å²) in [4.78, 5) is 33.8. The third kappa shape index (κ3) is 4.61. The van der Waals surface area contributed by atoms with Gasteiger partial charge in [0, 0.05) is 57.0 Å². The number of nitrogens with one attached hydrogen (secondary N) is 2. The summed E-state index contributed by atoms with van der Waals surface area (Å²) in [6.45, 7) is 5.30. The first kappa shape index (κ1) is 20.3. The summed E-state index contributed by atoms with van der Waals surface area (Å²) < 4.78 is 0. The molecule has 3 aliphatic rings. The van der Waals surface area contributed by atoms with E-state index in [9.17, 15) is 9.59 Å². The average molecular weight is 400 g/mol. The van der Waals surface area contributed by atoms with Crippen LogP contribution in [0.3, 0.4) is 0 Å². The summed E-state index contributed by atoms with van der Waals surface area (Å²) >= 11 is 0. The number of nitrogens with zero attached hydrogens (tertiary/aromatic N) is 3. The van der Waals surface area contributed by atoms with Crippen molar-refractivity contribution in [2.45, 2.75) is 64.0 Å². The molecule has 2 unspecified atom stereocenters. The van der Waals surface area contributed by atoms with E-state index in [0.29, 0.717) is 12.5 Å². The highest BCUT2D eigenvalue weighted by atomic mass is 16.2. The van der Waals surface area contributed by atoms with E-state index in [2.05, 4.69) is 22.8 Å². The highest BCUT2D eigenvalue weighted by molar-refractivity contribution is 5.82. The Morgan fingerprint density at radius 3 is 2.76 bits per heavy atom. The van der Waals surface area contributed by atoms with Crippen LogP contribution < -0.4 is 10.9 Å². The fraction of sp³-hybridized carbons (Fsp3) is 0.682. The quantitative estimate of drug-likeness (QED) is 0.785. The molecule has 0 saturated carbocycles. The molecule has 7 heteroatoms. The van der Waals surface area contributed by atoms with Crippen molar-refractivity contribution in [3.63, 3.8) is 0 Å². The number of aromatic nitrogens is 1. The largest absolute Gasteiger partial charge is 0.342 e. The van der Waals surface area contributed by atoms with Gasteiger partial charge in [0.05, 0.1) is 0 Å². The molecule has 2 atom stereocenters. The Morgan fingerprint density at radius 1 is 1.24 bits per heavy atom. The van der Waals surface area contributed by atoms with E-state index in [4.69, 9.17) is 0 Å². The van der Waals surface area contributed by atoms with Gasteiger partial charge in [0.15, 0.2) is 0 Å². The van der Waals surface area contributed by atoms with Gasteiger partial charge in [-0.25, -0.2) is 5.43 Å². The summed E-state index contributed by atoms with van der Waals surface area (Å²) in [6.07, 6.45) is 8.06. The van der Waals surface area contributed by atoms with Crippen molar-refractivity contribution in [1.29, 1.82) is 0 Å². The number of hydrazine groups is 1. The third-order valence-corrected chi connectivity index (χ3v) is 7.02. The number of likely N-dealkylation sites (tertiary alicyclic amines) is 2. The molecule has 3 fully saturated rings. The summed E-state index contributed by atoms with van der Waals surface area (Å²) in [5.41, 5.74) is 7.60. The standard InChI is InChI=1S/C22H33N5O2/c1-2-17-15-19(25-24-17)21(29)26-13-9-22(10-14-26)8-6-20(28)27(16-22)12-7-18-5-3-4-11-23-18/h3-5,11,17,19,24-25H,2,6-10,12-16H2,1H3. The lowest BCUT2D eigenvalue weighted by Gasteiger charge is -2.47. The molecular formula is C22H33N5O2. The zero-order valence-electron chi connectivity index (χ0n) is 17.4. The Balaban J connectivity index is 1.30. The van der Waals surface area contributed by atoms with Gasteiger partial charge in [-0.15, -0.1) is 0 Å². The van der Waals surface area contributed by atoms with Gasteiger partial charge in [0.25, 0.3) is 0 Å². The highest BCUT2D eigenvalue weighted by Crippen LogP contribution is 2.40. The predicted octanol–water partition coefficient (Wildman–Crippen LogP) is 1.50. The van der Waals surface area contributed by atoms with E-state index < -0.39 is 0 Å². The SMILES string of the molecule is CCC1CC(C(=O)N2CCC3(CCC(=O)N(CCc4ccccn4)C3)CC2)NN1. The van der Waals surface area contributed by atoms with E-state index in [1.807, 2.05) is 28.0 Å². The summed E-state index contributed by atoms with van der Waals surface area (Å²) in [5, 5.41) is 0. The smallest absolute Gasteiger partial charge is 0.241 e. The molecule has 0 bridgehead atoms. The molecular weight excluding hydrogens is 366 g/mol. The molecule has 7 nitrogen and oxygen atoms in total. The van der Waals surface area contributed by atoms with Gasteiger partial charge in [-0.2, -0.15) is 0 Å². The molecule has 0 radical (unpaired) electrons. The molecule has 4 rings (SSSR count). The minimum atomic E-state index is -0.100. The summed E-state index contributed by atoms with van der Waals surface area (Å²) in [6, 6.07) is 6.21. The topological polar surface area (TPSA) is 77.6 Å². The predicted molar refractivity (Wildman–Crippen MR) is 111 cm³/mol.